The average Bonchev–Trinajstić information content (AvgIpc) is 3.18. The quantitative estimate of drug-likeness (QED) is 0.886. The Balaban J connectivity index is 1.69. The number of amides is 1. The molecule has 1 saturated heterocycles. The first-order chi connectivity index (χ1) is 11.4. The summed E-state index contributed by atoms with van der Waals surface area (Å²) in [7, 11) is 0. The summed E-state index contributed by atoms with van der Waals surface area (Å²) in [5.41, 5.74) is -1.23. The lowest BCUT2D eigenvalue weighted by molar-refractivity contribution is -0.149. The zero-order valence-corrected chi connectivity index (χ0v) is 14.0. The SMILES string of the molecule is Cc1cn2c(=O)c(C(=O)N3C[C@@H]4CCC[C@@]4(C(=O)O)C3)cnc2s1. The van der Waals surface area contributed by atoms with Crippen molar-refractivity contribution in [3.8, 4) is 0 Å². The molecule has 8 heteroatoms. The molecule has 0 aromatic carbocycles. The van der Waals surface area contributed by atoms with E-state index in [1.165, 1.54) is 26.8 Å². The topological polar surface area (TPSA) is 92.0 Å². The minimum Gasteiger partial charge on any atom is -0.481 e. The number of aromatic nitrogens is 2. The molecule has 0 unspecified atom stereocenters. The van der Waals surface area contributed by atoms with Crippen molar-refractivity contribution in [1.82, 2.24) is 14.3 Å². The van der Waals surface area contributed by atoms with Gasteiger partial charge in [0.2, 0.25) is 0 Å². The maximum Gasteiger partial charge on any atom is 0.311 e. The van der Waals surface area contributed by atoms with Crippen molar-refractivity contribution >= 4 is 28.2 Å². The van der Waals surface area contributed by atoms with Crippen LogP contribution in [0, 0.1) is 18.3 Å². The summed E-state index contributed by atoms with van der Waals surface area (Å²) in [5, 5.41) is 9.63. The number of aryl methyl sites for hydroxylation is 1. The number of hydrogen-bond donors (Lipinski definition) is 1. The van der Waals surface area contributed by atoms with E-state index in [1.807, 2.05) is 6.92 Å². The molecule has 1 saturated carbocycles. The fourth-order valence-corrected chi connectivity index (χ4v) is 4.89. The van der Waals surface area contributed by atoms with Crippen LogP contribution in [0.25, 0.3) is 4.96 Å². The smallest absolute Gasteiger partial charge is 0.311 e. The number of thiazole rings is 1. The van der Waals surface area contributed by atoms with Crippen molar-refractivity contribution in [3.05, 3.63) is 33.2 Å². The molecule has 1 N–H and O–H groups in total. The highest BCUT2D eigenvalue weighted by molar-refractivity contribution is 7.16. The number of carbonyl (C=O) groups excluding carboxylic acids is 1. The first-order valence-corrected chi connectivity index (χ1v) is 8.74. The lowest BCUT2D eigenvalue weighted by Crippen LogP contribution is -2.38. The Morgan fingerprint density at radius 3 is 2.96 bits per heavy atom. The molecule has 24 heavy (non-hydrogen) atoms. The predicted molar refractivity (Wildman–Crippen MR) is 87.4 cm³/mol. The standard InChI is InChI=1S/C16H17N3O4S/c1-9-6-19-13(21)11(5-17-15(19)24-9)12(20)18-7-10-3-2-4-16(10,8-18)14(22)23/h5-6,10H,2-4,7-8H2,1H3,(H,22,23)/t10-,16+/m0/s1. The van der Waals surface area contributed by atoms with Gasteiger partial charge in [0, 0.05) is 30.4 Å². The van der Waals surface area contributed by atoms with E-state index in [1.54, 1.807) is 6.20 Å². The summed E-state index contributed by atoms with van der Waals surface area (Å²) in [4.78, 5) is 44.3. The summed E-state index contributed by atoms with van der Waals surface area (Å²) < 4.78 is 1.39. The maximum absolute atomic E-state index is 12.8. The van der Waals surface area contributed by atoms with Gasteiger partial charge in [0.15, 0.2) is 4.96 Å². The number of carbonyl (C=O) groups is 2. The van der Waals surface area contributed by atoms with Crippen molar-refractivity contribution in [2.24, 2.45) is 11.3 Å². The Kier molecular flexibility index (Phi) is 3.28. The molecule has 1 aliphatic heterocycles. The molecule has 2 atom stereocenters. The maximum atomic E-state index is 12.8. The summed E-state index contributed by atoms with van der Waals surface area (Å²) in [6.07, 6.45) is 5.28. The molecule has 4 rings (SSSR count). The largest absolute Gasteiger partial charge is 0.481 e. The number of hydrogen-bond acceptors (Lipinski definition) is 5. The van der Waals surface area contributed by atoms with Crippen LogP contribution in [0.15, 0.2) is 17.2 Å². The first kappa shape index (κ1) is 15.3. The zero-order chi connectivity index (χ0) is 17.1. The van der Waals surface area contributed by atoms with Gasteiger partial charge in [-0.05, 0) is 25.7 Å². The Bertz CT molecular complexity index is 918. The number of likely N-dealkylation sites (tertiary alicyclic amines) is 1. The minimum absolute atomic E-state index is 0.00538. The molecular formula is C16H17N3O4S. The van der Waals surface area contributed by atoms with Gasteiger partial charge < -0.3 is 10.0 Å². The van der Waals surface area contributed by atoms with E-state index >= 15 is 0 Å². The molecule has 0 spiro atoms. The van der Waals surface area contributed by atoms with Gasteiger partial charge >= 0.3 is 5.97 Å². The third-order valence-corrected chi connectivity index (χ3v) is 6.25. The molecule has 126 valence electrons. The van der Waals surface area contributed by atoms with Gasteiger partial charge in [0.05, 0.1) is 5.41 Å². The first-order valence-electron chi connectivity index (χ1n) is 7.93. The number of carboxylic acid groups (broad SMARTS) is 1. The van der Waals surface area contributed by atoms with Crippen LogP contribution >= 0.6 is 11.3 Å². The number of nitrogens with zero attached hydrogens (tertiary/aromatic N) is 3. The van der Waals surface area contributed by atoms with E-state index in [0.29, 0.717) is 17.9 Å². The van der Waals surface area contributed by atoms with Gasteiger partial charge in [-0.2, -0.15) is 0 Å². The highest BCUT2D eigenvalue weighted by atomic mass is 32.1. The van der Waals surface area contributed by atoms with Crippen LogP contribution in [-0.4, -0.2) is 44.4 Å². The number of rotatable bonds is 2. The van der Waals surface area contributed by atoms with Crippen molar-refractivity contribution in [2.45, 2.75) is 26.2 Å². The molecule has 7 nitrogen and oxygen atoms in total. The van der Waals surface area contributed by atoms with Gasteiger partial charge in [-0.1, -0.05) is 6.42 Å². The number of aliphatic carboxylic acids is 1. The Morgan fingerprint density at radius 2 is 2.25 bits per heavy atom. The van der Waals surface area contributed by atoms with Crippen LogP contribution in [0.2, 0.25) is 0 Å². The van der Waals surface area contributed by atoms with Crippen LogP contribution in [0.4, 0.5) is 0 Å². The fraction of sp³-hybridized carbons (Fsp3) is 0.500. The monoisotopic (exact) mass is 347 g/mol. The van der Waals surface area contributed by atoms with E-state index in [0.717, 1.165) is 17.7 Å². The molecule has 2 aromatic heterocycles. The van der Waals surface area contributed by atoms with Gasteiger partial charge in [0.25, 0.3) is 11.5 Å². The van der Waals surface area contributed by atoms with Gasteiger partial charge in [0.1, 0.15) is 5.56 Å². The zero-order valence-electron chi connectivity index (χ0n) is 13.2. The summed E-state index contributed by atoms with van der Waals surface area (Å²) in [6.45, 7) is 2.45. The van der Waals surface area contributed by atoms with Crippen LogP contribution in [0.1, 0.15) is 34.5 Å². The summed E-state index contributed by atoms with van der Waals surface area (Å²) in [6, 6.07) is 0. The molecule has 2 aliphatic rings. The van der Waals surface area contributed by atoms with E-state index in [2.05, 4.69) is 4.98 Å². The second-order valence-electron chi connectivity index (χ2n) is 6.71. The second kappa shape index (κ2) is 5.14. The fourth-order valence-electron chi connectivity index (χ4n) is 4.11. The van der Waals surface area contributed by atoms with E-state index in [-0.39, 0.29) is 18.0 Å². The van der Waals surface area contributed by atoms with E-state index in [9.17, 15) is 19.5 Å². The summed E-state index contributed by atoms with van der Waals surface area (Å²) in [5.74, 6) is -1.28. The van der Waals surface area contributed by atoms with Crippen molar-refractivity contribution in [3.63, 3.8) is 0 Å². The number of carboxylic acids is 1. The average molecular weight is 347 g/mol. The Labute approximate surface area is 141 Å². The Hall–Kier alpha value is -2.22. The molecule has 2 aromatic rings. The highest BCUT2D eigenvalue weighted by Gasteiger charge is 2.56. The molecular weight excluding hydrogens is 330 g/mol. The predicted octanol–water partition coefficient (Wildman–Crippen LogP) is 1.39. The lowest BCUT2D eigenvalue weighted by atomic mass is 9.81. The van der Waals surface area contributed by atoms with Crippen molar-refractivity contribution < 1.29 is 14.7 Å². The molecule has 1 amide bonds. The van der Waals surface area contributed by atoms with Gasteiger partial charge in [-0.3, -0.25) is 18.8 Å². The molecule has 0 radical (unpaired) electrons. The van der Waals surface area contributed by atoms with Gasteiger partial charge in [-0.25, -0.2) is 4.98 Å². The molecule has 3 heterocycles. The van der Waals surface area contributed by atoms with Crippen molar-refractivity contribution in [1.29, 1.82) is 0 Å². The van der Waals surface area contributed by atoms with Crippen LogP contribution in [0.5, 0.6) is 0 Å². The van der Waals surface area contributed by atoms with Crippen molar-refractivity contribution in [2.75, 3.05) is 13.1 Å². The Morgan fingerprint density at radius 1 is 1.46 bits per heavy atom. The number of fused-ring (bicyclic) bond motifs is 2. The molecule has 0 bridgehead atoms. The second-order valence-corrected chi connectivity index (χ2v) is 7.92. The minimum atomic E-state index is -0.845. The highest BCUT2D eigenvalue weighted by Crippen LogP contribution is 2.49. The van der Waals surface area contributed by atoms with Crippen LogP contribution in [-0.2, 0) is 4.79 Å². The molecule has 2 fully saturated rings. The third-order valence-electron chi connectivity index (χ3n) is 5.34. The van der Waals surface area contributed by atoms with Crippen LogP contribution in [0.3, 0.4) is 0 Å². The molecule has 1 aliphatic carbocycles. The van der Waals surface area contributed by atoms with E-state index in [4.69, 9.17) is 0 Å². The lowest BCUT2D eigenvalue weighted by Gasteiger charge is -2.23. The third kappa shape index (κ3) is 2.02. The summed E-state index contributed by atoms with van der Waals surface area (Å²) >= 11 is 1.39. The van der Waals surface area contributed by atoms with E-state index < -0.39 is 22.9 Å². The van der Waals surface area contributed by atoms with Gasteiger partial charge in [-0.15, -0.1) is 11.3 Å². The normalized spacial score (nSPS) is 26.0. The van der Waals surface area contributed by atoms with Crippen LogP contribution < -0.4 is 5.56 Å².